The van der Waals surface area contributed by atoms with Crippen molar-refractivity contribution in [3.05, 3.63) is 75.3 Å². The Morgan fingerprint density at radius 2 is 1.50 bits per heavy atom. The number of rotatable bonds is 4. The number of nitrogens with zero attached hydrogens (tertiary/aromatic N) is 3. The Bertz CT molecular complexity index is 872. The minimum atomic E-state index is -0.725. The molecule has 0 aromatic heterocycles. The monoisotopic (exact) mass is 382 g/mol. The molecule has 1 fully saturated rings. The summed E-state index contributed by atoms with van der Waals surface area (Å²) in [6, 6.07) is 12.3. The van der Waals surface area contributed by atoms with E-state index in [1.807, 2.05) is 31.2 Å². The average Bonchev–Trinajstić information content (AvgIpc) is 2.73. The van der Waals surface area contributed by atoms with Crippen LogP contribution < -0.4 is 5.73 Å². The van der Waals surface area contributed by atoms with E-state index in [-0.39, 0.29) is 17.5 Å². The standard InChI is InChI=1S/C20H22N4O4/c1-14-2-4-15(5-3-14)18(21)20(26)23-12-10-22(11-13-23)19(25)16-6-8-17(9-7-16)24(27)28/h2-9,18H,10-13,21H2,1H3. The molecular formula is C20H22N4O4. The number of nitro benzene ring substituents is 1. The first-order valence-corrected chi connectivity index (χ1v) is 9.01. The molecule has 2 amide bonds. The van der Waals surface area contributed by atoms with E-state index < -0.39 is 11.0 Å². The highest BCUT2D eigenvalue weighted by Gasteiger charge is 2.28. The van der Waals surface area contributed by atoms with Crippen molar-refractivity contribution in [3.8, 4) is 0 Å². The lowest BCUT2D eigenvalue weighted by atomic mass is 10.0. The quantitative estimate of drug-likeness (QED) is 0.641. The van der Waals surface area contributed by atoms with Crippen LogP contribution in [0.3, 0.4) is 0 Å². The zero-order valence-electron chi connectivity index (χ0n) is 15.6. The minimum absolute atomic E-state index is 0.0583. The zero-order chi connectivity index (χ0) is 20.3. The number of carbonyl (C=O) groups is 2. The topological polar surface area (TPSA) is 110 Å². The molecule has 8 heteroatoms. The third-order valence-corrected chi connectivity index (χ3v) is 4.91. The summed E-state index contributed by atoms with van der Waals surface area (Å²) in [7, 11) is 0. The van der Waals surface area contributed by atoms with E-state index in [2.05, 4.69) is 0 Å². The molecule has 0 saturated carbocycles. The van der Waals surface area contributed by atoms with Crippen LogP contribution in [0.15, 0.2) is 48.5 Å². The van der Waals surface area contributed by atoms with Gasteiger partial charge in [-0.25, -0.2) is 0 Å². The molecular weight excluding hydrogens is 360 g/mol. The van der Waals surface area contributed by atoms with Crippen molar-refractivity contribution in [1.29, 1.82) is 0 Å². The van der Waals surface area contributed by atoms with Crippen molar-refractivity contribution in [3.63, 3.8) is 0 Å². The number of carbonyl (C=O) groups excluding carboxylic acids is 2. The van der Waals surface area contributed by atoms with Crippen LogP contribution in [0, 0.1) is 17.0 Å². The van der Waals surface area contributed by atoms with Crippen molar-refractivity contribution in [2.24, 2.45) is 5.73 Å². The second-order valence-corrected chi connectivity index (χ2v) is 6.81. The van der Waals surface area contributed by atoms with Gasteiger partial charge in [0.15, 0.2) is 0 Å². The summed E-state index contributed by atoms with van der Waals surface area (Å²) in [5, 5.41) is 10.7. The number of hydrogen-bond donors (Lipinski definition) is 1. The molecule has 3 rings (SSSR count). The fourth-order valence-electron chi connectivity index (χ4n) is 3.15. The van der Waals surface area contributed by atoms with E-state index in [9.17, 15) is 19.7 Å². The van der Waals surface area contributed by atoms with E-state index in [0.717, 1.165) is 11.1 Å². The van der Waals surface area contributed by atoms with Crippen LogP contribution in [0.1, 0.15) is 27.5 Å². The maximum Gasteiger partial charge on any atom is 0.269 e. The largest absolute Gasteiger partial charge is 0.337 e. The molecule has 28 heavy (non-hydrogen) atoms. The van der Waals surface area contributed by atoms with E-state index >= 15 is 0 Å². The van der Waals surface area contributed by atoms with Crippen LogP contribution in [-0.4, -0.2) is 52.7 Å². The third kappa shape index (κ3) is 4.17. The normalized spacial score (nSPS) is 15.2. The van der Waals surface area contributed by atoms with Gasteiger partial charge in [0, 0.05) is 43.9 Å². The second-order valence-electron chi connectivity index (χ2n) is 6.81. The molecule has 8 nitrogen and oxygen atoms in total. The van der Waals surface area contributed by atoms with Crippen molar-refractivity contribution in [2.45, 2.75) is 13.0 Å². The lowest BCUT2D eigenvalue weighted by Crippen LogP contribution is -2.52. The number of hydrogen-bond acceptors (Lipinski definition) is 5. The first-order chi connectivity index (χ1) is 13.4. The molecule has 1 heterocycles. The molecule has 1 aliphatic rings. The third-order valence-electron chi connectivity index (χ3n) is 4.91. The van der Waals surface area contributed by atoms with E-state index in [4.69, 9.17) is 5.73 Å². The van der Waals surface area contributed by atoms with Gasteiger partial charge in [-0.1, -0.05) is 29.8 Å². The van der Waals surface area contributed by atoms with Gasteiger partial charge in [0.2, 0.25) is 5.91 Å². The molecule has 1 saturated heterocycles. The van der Waals surface area contributed by atoms with Gasteiger partial charge in [-0.2, -0.15) is 0 Å². The first kappa shape index (κ1) is 19.5. The van der Waals surface area contributed by atoms with Gasteiger partial charge in [-0.3, -0.25) is 19.7 Å². The van der Waals surface area contributed by atoms with Gasteiger partial charge in [-0.05, 0) is 24.6 Å². The summed E-state index contributed by atoms with van der Waals surface area (Å²) in [6.45, 7) is 3.55. The Morgan fingerprint density at radius 1 is 0.964 bits per heavy atom. The molecule has 2 aromatic rings. The SMILES string of the molecule is Cc1ccc(C(N)C(=O)N2CCN(C(=O)c3ccc([N+](=O)[O-])cc3)CC2)cc1. The summed E-state index contributed by atoms with van der Waals surface area (Å²) in [5.74, 6) is -0.365. The molecule has 1 unspecified atom stereocenters. The maximum atomic E-state index is 12.7. The molecule has 0 bridgehead atoms. The average molecular weight is 382 g/mol. The first-order valence-electron chi connectivity index (χ1n) is 9.01. The predicted octanol–water partition coefficient (Wildman–Crippen LogP) is 1.89. The predicted molar refractivity (Wildman–Crippen MR) is 104 cm³/mol. The summed E-state index contributed by atoms with van der Waals surface area (Å²) in [6.07, 6.45) is 0. The number of benzene rings is 2. The summed E-state index contributed by atoms with van der Waals surface area (Å²) >= 11 is 0. The second kappa shape index (κ2) is 8.18. The Balaban J connectivity index is 1.58. The Labute approximate surface area is 162 Å². The highest BCUT2D eigenvalue weighted by atomic mass is 16.6. The fourth-order valence-corrected chi connectivity index (χ4v) is 3.15. The van der Waals surface area contributed by atoms with Crippen molar-refractivity contribution >= 4 is 17.5 Å². The highest BCUT2D eigenvalue weighted by Crippen LogP contribution is 2.18. The van der Waals surface area contributed by atoms with Gasteiger partial charge in [0.25, 0.3) is 11.6 Å². The number of aryl methyl sites for hydroxylation is 1. The molecule has 0 aliphatic carbocycles. The maximum absolute atomic E-state index is 12.7. The number of piperazine rings is 1. The van der Waals surface area contributed by atoms with Gasteiger partial charge >= 0.3 is 0 Å². The van der Waals surface area contributed by atoms with Crippen LogP contribution in [-0.2, 0) is 4.79 Å². The fraction of sp³-hybridized carbons (Fsp3) is 0.300. The molecule has 2 aromatic carbocycles. The number of nitrogens with two attached hydrogens (primary N) is 1. The number of non-ortho nitro benzene ring substituents is 1. The van der Waals surface area contributed by atoms with Crippen LogP contribution in [0.25, 0.3) is 0 Å². The minimum Gasteiger partial charge on any atom is -0.337 e. The van der Waals surface area contributed by atoms with Gasteiger partial charge < -0.3 is 15.5 Å². The van der Waals surface area contributed by atoms with E-state index in [1.54, 1.807) is 9.80 Å². The van der Waals surface area contributed by atoms with E-state index in [1.165, 1.54) is 24.3 Å². The van der Waals surface area contributed by atoms with Crippen LogP contribution in [0.4, 0.5) is 5.69 Å². The Kier molecular flexibility index (Phi) is 5.70. The van der Waals surface area contributed by atoms with Crippen molar-refractivity contribution in [1.82, 2.24) is 9.80 Å². The van der Waals surface area contributed by atoms with E-state index in [0.29, 0.717) is 31.7 Å². The van der Waals surface area contributed by atoms with Crippen LogP contribution in [0.5, 0.6) is 0 Å². The molecule has 146 valence electrons. The zero-order valence-corrected chi connectivity index (χ0v) is 15.6. The molecule has 0 radical (unpaired) electrons. The van der Waals surface area contributed by atoms with Crippen LogP contribution in [0.2, 0.25) is 0 Å². The molecule has 2 N–H and O–H groups in total. The number of nitro groups is 1. The van der Waals surface area contributed by atoms with Crippen LogP contribution >= 0.6 is 0 Å². The summed E-state index contributed by atoms with van der Waals surface area (Å²) in [5.41, 5.74) is 8.31. The smallest absolute Gasteiger partial charge is 0.269 e. The molecule has 1 atom stereocenters. The van der Waals surface area contributed by atoms with Gasteiger partial charge in [0.05, 0.1) is 4.92 Å². The van der Waals surface area contributed by atoms with Crippen molar-refractivity contribution < 1.29 is 14.5 Å². The Morgan fingerprint density at radius 3 is 2.04 bits per heavy atom. The number of amides is 2. The summed E-state index contributed by atoms with van der Waals surface area (Å²) in [4.78, 5) is 38.8. The van der Waals surface area contributed by atoms with Crippen molar-refractivity contribution in [2.75, 3.05) is 26.2 Å². The molecule has 1 aliphatic heterocycles. The lowest BCUT2D eigenvalue weighted by Gasteiger charge is -2.36. The summed E-state index contributed by atoms with van der Waals surface area (Å²) < 4.78 is 0. The Hall–Kier alpha value is -3.26. The highest BCUT2D eigenvalue weighted by molar-refractivity contribution is 5.94. The molecule has 0 spiro atoms. The van der Waals surface area contributed by atoms with Gasteiger partial charge in [0.1, 0.15) is 6.04 Å². The van der Waals surface area contributed by atoms with Gasteiger partial charge in [-0.15, -0.1) is 0 Å². The lowest BCUT2D eigenvalue weighted by molar-refractivity contribution is -0.384.